The molecule has 4 heterocycles. The van der Waals surface area contributed by atoms with Gasteiger partial charge in [-0.3, -0.25) is 19.3 Å². The highest BCUT2D eigenvalue weighted by Crippen LogP contribution is 2.40. The molecule has 0 saturated carbocycles. The number of amides is 3. The monoisotopic (exact) mass is 912 g/mol. The first-order valence-corrected chi connectivity index (χ1v) is 19.5. The number of hydrogen-bond acceptors (Lipinski definition) is 8. The second-order valence-electron chi connectivity index (χ2n) is 12.5. The van der Waals surface area contributed by atoms with E-state index in [1.165, 1.54) is 28.4 Å². The molecule has 0 fully saturated rings. The molecule has 2 N–H and O–H groups in total. The molecule has 0 bridgehead atoms. The Kier molecular flexibility index (Phi) is 11.0. The minimum atomic E-state index is -0.892. The van der Waals surface area contributed by atoms with Gasteiger partial charge < -0.3 is 15.5 Å². The van der Waals surface area contributed by atoms with Gasteiger partial charge in [-0.05, 0) is 72.3 Å². The molecule has 0 aliphatic carbocycles. The van der Waals surface area contributed by atoms with Crippen LogP contribution in [0.5, 0.6) is 0 Å². The first-order chi connectivity index (χ1) is 26.3. The molecule has 2 aromatic heterocycles. The van der Waals surface area contributed by atoms with Gasteiger partial charge in [0.1, 0.15) is 40.3 Å². The lowest BCUT2D eigenvalue weighted by atomic mass is 10.1. The summed E-state index contributed by atoms with van der Waals surface area (Å²) in [6.45, 7) is 1.76. The van der Waals surface area contributed by atoms with Gasteiger partial charge in [-0.15, -0.1) is 22.7 Å². The van der Waals surface area contributed by atoms with E-state index in [0.29, 0.717) is 18.0 Å². The van der Waals surface area contributed by atoms with Gasteiger partial charge in [-0.1, -0.05) is 56.1 Å². The van der Waals surface area contributed by atoms with Gasteiger partial charge in [0.05, 0.1) is 15.4 Å². The van der Waals surface area contributed by atoms with E-state index in [4.69, 9.17) is 0 Å². The van der Waals surface area contributed by atoms with Crippen molar-refractivity contribution in [3.05, 3.63) is 138 Å². The van der Waals surface area contributed by atoms with E-state index in [1.807, 2.05) is 43.4 Å². The van der Waals surface area contributed by atoms with Crippen molar-refractivity contribution in [1.29, 1.82) is 0 Å². The molecule has 4 aromatic carbocycles. The zero-order valence-electron chi connectivity index (χ0n) is 28.6. The Labute approximate surface area is 336 Å². The van der Waals surface area contributed by atoms with Crippen LogP contribution in [0.15, 0.2) is 81.7 Å². The minimum Gasteiger partial charge on any atom is -0.336 e. The summed E-state index contributed by atoms with van der Waals surface area (Å²) in [6.07, 6.45) is 0. The highest BCUT2D eigenvalue weighted by Gasteiger charge is 2.30. The smallest absolute Gasteiger partial charge is 0.284 e. The molecule has 2 aliphatic heterocycles. The molecule has 3 amide bonds. The average molecular weight is 915 g/mol. The molecule has 0 atom stereocenters. The van der Waals surface area contributed by atoms with Crippen molar-refractivity contribution in [3.63, 3.8) is 0 Å². The van der Waals surface area contributed by atoms with E-state index in [9.17, 15) is 31.9 Å². The third-order valence-corrected chi connectivity index (χ3v) is 11.8. The Morgan fingerprint density at radius 3 is 1.69 bits per heavy atom. The van der Waals surface area contributed by atoms with Crippen LogP contribution in [0.2, 0.25) is 0 Å². The van der Waals surface area contributed by atoms with Crippen molar-refractivity contribution in [2.45, 2.75) is 19.6 Å². The van der Waals surface area contributed by atoms with E-state index >= 15 is 0 Å². The van der Waals surface area contributed by atoms with Gasteiger partial charge in [-0.2, -0.15) is 0 Å². The third kappa shape index (κ3) is 7.98. The number of carbonyl (C=O) groups excluding carboxylic acids is 3. The predicted octanol–water partition coefficient (Wildman–Crippen LogP) is 9.74. The number of nitrogens with zero attached hydrogens (tertiary/aromatic N) is 4. The quantitative estimate of drug-likeness (QED) is 0.171. The number of carbonyl (C=O) groups is 3. The van der Waals surface area contributed by atoms with Crippen LogP contribution in [-0.4, -0.2) is 51.6 Å². The zero-order valence-corrected chi connectivity index (χ0v) is 33.5. The highest BCUT2D eigenvalue weighted by atomic mass is 79.9. The molecule has 0 radical (unpaired) electrons. The number of para-hydroxylation sites is 2. The number of thiazole rings is 2. The Bertz CT molecular complexity index is 2490. The number of halogens is 6. The van der Waals surface area contributed by atoms with Crippen LogP contribution in [-0.2, 0) is 19.6 Å². The fourth-order valence-corrected chi connectivity index (χ4v) is 8.73. The number of benzene rings is 4. The van der Waals surface area contributed by atoms with Crippen molar-refractivity contribution in [2.75, 3.05) is 24.7 Å². The Balaban J connectivity index is 0.000000169. The molecule has 2 aliphatic rings. The largest absolute Gasteiger partial charge is 0.336 e. The molecule has 0 unspecified atom stereocenters. The number of nitrogens with one attached hydrogen (secondary N) is 2. The fraction of sp³-hybridized carbons (Fsp3) is 0.132. The number of hydrogen-bond donors (Lipinski definition) is 2. The van der Waals surface area contributed by atoms with Crippen LogP contribution >= 0.6 is 54.5 Å². The molecule has 17 heteroatoms. The van der Waals surface area contributed by atoms with Crippen molar-refractivity contribution in [3.8, 4) is 20.9 Å². The van der Waals surface area contributed by atoms with Crippen LogP contribution in [0.4, 0.5) is 28.9 Å². The van der Waals surface area contributed by atoms with E-state index in [-0.39, 0.29) is 21.6 Å². The van der Waals surface area contributed by atoms with Crippen molar-refractivity contribution in [2.24, 2.45) is 0 Å². The average Bonchev–Trinajstić information content (AvgIpc) is 3.73. The van der Waals surface area contributed by atoms with Crippen LogP contribution in [0.3, 0.4) is 0 Å². The lowest BCUT2D eigenvalue weighted by Crippen LogP contribution is -2.25. The van der Waals surface area contributed by atoms with Crippen LogP contribution in [0.1, 0.15) is 46.9 Å². The van der Waals surface area contributed by atoms with E-state index < -0.39 is 46.5 Å². The topological polar surface area (TPSA) is 108 Å². The first-order valence-electron chi connectivity index (χ1n) is 16.3. The van der Waals surface area contributed by atoms with Gasteiger partial charge >= 0.3 is 0 Å². The zero-order chi connectivity index (χ0) is 39.1. The third-order valence-electron chi connectivity index (χ3n) is 8.57. The van der Waals surface area contributed by atoms with Gasteiger partial charge in [0.2, 0.25) is 0 Å². The normalized spacial score (nSPS) is 13.3. The summed E-state index contributed by atoms with van der Waals surface area (Å²) < 4.78 is 57.0. The summed E-state index contributed by atoms with van der Waals surface area (Å²) in [5.41, 5.74) is 3.75. The summed E-state index contributed by atoms with van der Waals surface area (Å²) in [7, 11) is 3.63. The molecule has 6 aromatic rings. The standard InChI is InChI=1S/C19H12BrF2N3O2S.C19H14BrF2N3OS/c1-25-8-9-5-6-10(20)7-11(9)16-15(19(25)27)24-18(28-16)17(26)23-14-12(21)3-2-4-13(14)22;1-25-8-10-5-6-11(20)7-12(10)17-15(9-25)23-19(27-17)18(26)24-16-13(21)3-2-4-14(16)22/h2-7H,8H2,1H3,(H,23,26);2-7H,8-9H2,1H3,(H,24,26). The summed E-state index contributed by atoms with van der Waals surface area (Å²) in [4.78, 5) is 51.5. The second kappa shape index (κ2) is 15.7. The van der Waals surface area contributed by atoms with Crippen LogP contribution in [0.25, 0.3) is 20.9 Å². The van der Waals surface area contributed by atoms with E-state index in [1.54, 1.807) is 7.05 Å². The summed E-state index contributed by atoms with van der Waals surface area (Å²) in [6, 6.07) is 18.4. The maximum absolute atomic E-state index is 13.8. The van der Waals surface area contributed by atoms with Gasteiger partial charge in [-0.25, -0.2) is 27.5 Å². The SMILES string of the molecule is CN1Cc2ccc(Br)cc2-c2sc(C(=O)Nc3c(F)cccc3F)nc2C1.CN1Cc2ccc(Br)cc2-c2sc(C(=O)Nc3c(F)cccc3F)nc2C1=O. The predicted molar refractivity (Wildman–Crippen MR) is 210 cm³/mol. The summed E-state index contributed by atoms with van der Waals surface area (Å²) in [5.74, 6) is -5.17. The van der Waals surface area contributed by atoms with Crippen LogP contribution in [0, 0.1) is 23.3 Å². The Morgan fingerprint density at radius 2 is 1.15 bits per heavy atom. The van der Waals surface area contributed by atoms with Crippen molar-refractivity contribution < 1.29 is 31.9 Å². The van der Waals surface area contributed by atoms with Gasteiger partial charge in [0.15, 0.2) is 10.0 Å². The van der Waals surface area contributed by atoms with Gasteiger partial charge in [0.25, 0.3) is 17.7 Å². The Morgan fingerprint density at radius 1 is 0.673 bits per heavy atom. The summed E-state index contributed by atoms with van der Waals surface area (Å²) in [5, 5.41) is 4.62. The molecular weight excluding hydrogens is 888 g/mol. The molecule has 9 nitrogen and oxygen atoms in total. The lowest BCUT2D eigenvalue weighted by Gasteiger charge is -2.14. The maximum Gasteiger partial charge on any atom is 0.284 e. The van der Waals surface area contributed by atoms with Gasteiger partial charge in [0, 0.05) is 41.2 Å². The number of rotatable bonds is 4. The minimum absolute atomic E-state index is 0.0535. The van der Waals surface area contributed by atoms with E-state index in [2.05, 4.69) is 57.4 Å². The number of fused-ring (bicyclic) bond motifs is 6. The lowest BCUT2D eigenvalue weighted by molar-refractivity contribution is 0.0783. The Hall–Kier alpha value is -4.81. The second-order valence-corrected chi connectivity index (χ2v) is 16.4. The summed E-state index contributed by atoms with van der Waals surface area (Å²) >= 11 is 9.14. The van der Waals surface area contributed by atoms with E-state index in [0.717, 1.165) is 83.9 Å². The van der Waals surface area contributed by atoms with Crippen molar-refractivity contribution >= 4 is 83.6 Å². The molecule has 0 spiro atoms. The molecule has 0 saturated heterocycles. The number of aromatic nitrogens is 2. The van der Waals surface area contributed by atoms with Crippen LogP contribution < -0.4 is 10.6 Å². The highest BCUT2D eigenvalue weighted by molar-refractivity contribution is 9.10. The fourth-order valence-electron chi connectivity index (χ4n) is 5.99. The molecule has 8 rings (SSSR count). The number of anilines is 2. The molecule has 280 valence electrons. The van der Waals surface area contributed by atoms with Crippen molar-refractivity contribution in [1.82, 2.24) is 19.8 Å². The first kappa shape index (κ1) is 38.5. The molecular formula is C38H26Br2F4N6O3S2. The maximum atomic E-state index is 13.8. The molecule has 55 heavy (non-hydrogen) atoms.